The minimum atomic E-state index is -3.75. The van der Waals surface area contributed by atoms with Crippen LogP contribution < -0.4 is 9.46 Å². The van der Waals surface area contributed by atoms with Gasteiger partial charge in [-0.05, 0) is 55.0 Å². The first-order valence-corrected chi connectivity index (χ1v) is 9.60. The predicted molar refractivity (Wildman–Crippen MR) is 96.3 cm³/mol. The fourth-order valence-electron chi connectivity index (χ4n) is 2.50. The Labute approximate surface area is 156 Å². The summed E-state index contributed by atoms with van der Waals surface area (Å²) in [6.45, 7) is 1.61. The summed E-state index contributed by atoms with van der Waals surface area (Å²) < 4.78 is 50.5. The van der Waals surface area contributed by atoms with Crippen LogP contribution in [0.2, 0.25) is 0 Å². The quantitative estimate of drug-likeness (QED) is 0.666. The van der Waals surface area contributed by atoms with Crippen molar-refractivity contribution in [3.8, 4) is 17.1 Å². The number of nitrogens with one attached hydrogen (secondary N) is 1. The summed E-state index contributed by atoms with van der Waals surface area (Å²) in [6, 6.07) is 10.7. The molecule has 0 radical (unpaired) electrons. The van der Waals surface area contributed by atoms with Gasteiger partial charge in [-0.3, -0.25) is 0 Å². The lowest BCUT2D eigenvalue weighted by molar-refractivity contribution is 0.379. The second-order valence-corrected chi connectivity index (χ2v) is 7.53. The van der Waals surface area contributed by atoms with E-state index in [1.165, 1.54) is 19.1 Å². The molecule has 0 aliphatic rings. The van der Waals surface area contributed by atoms with Crippen molar-refractivity contribution in [3.63, 3.8) is 0 Å². The maximum Gasteiger partial charge on any atom is 0.240 e. The Bertz CT molecular complexity index is 1030. The van der Waals surface area contributed by atoms with Crippen molar-refractivity contribution in [1.82, 2.24) is 14.9 Å². The summed E-state index contributed by atoms with van der Waals surface area (Å²) in [5.41, 5.74) is 1.09. The van der Waals surface area contributed by atoms with Gasteiger partial charge in [0.1, 0.15) is 11.6 Å². The third-order valence-electron chi connectivity index (χ3n) is 3.87. The van der Waals surface area contributed by atoms with Crippen LogP contribution in [-0.2, 0) is 16.4 Å². The minimum absolute atomic E-state index is 0.0355. The molecular weight excluding hydrogens is 373 g/mol. The van der Waals surface area contributed by atoms with Gasteiger partial charge in [0.25, 0.3) is 0 Å². The smallest absolute Gasteiger partial charge is 0.240 e. The highest BCUT2D eigenvalue weighted by Gasteiger charge is 2.17. The van der Waals surface area contributed by atoms with E-state index in [1.807, 2.05) is 0 Å². The molecule has 0 saturated carbocycles. The average Bonchev–Trinajstić information content (AvgIpc) is 3.10. The van der Waals surface area contributed by atoms with E-state index in [-0.39, 0.29) is 17.9 Å². The van der Waals surface area contributed by atoms with Crippen molar-refractivity contribution in [1.29, 1.82) is 0 Å². The highest BCUT2D eigenvalue weighted by molar-refractivity contribution is 7.89. The second kappa shape index (κ2) is 7.85. The van der Waals surface area contributed by atoms with Gasteiger partial charge < -0.3 is 9.26 Å². The van der Waals surface area contributed by atoms with Gasteiger partial charge in [-0.15, -0.1) is 0 Å². The molecule has 0 bridgehead atoms. The summed E-state index contributed by atoms with van der Waals surface area (Å²) in [5.74, 6) is 0.945. The predicted octanol–water partition coefficient (Wildman–Crippen LogP) is 2.71. The van der Waals surface area contributed by atoms with Gasteiger partial charge >= 0.3 is 0 Å². The van der Waals surface area contributed by atoms with Crippen LogP contribution in [0.3, 0.4) is 0 Å². The van der Waals surface area contributed by atoms with E-state index in [2.05, 4.69) is 14.9 Å². The van der Waals surface area contributed by atoms with E-state index in [0.29, 0.717) is 23.0 Å². The Balaban J connectivity index is 1.63. The Morgan fingerprint density at radius 3 is 2.59 bits per heavy atom. The zero-order valence-electron chi connectivity index (χ0n) is 14.8. The molecule has 0 amide bonds. The van der Waals surface area contributed by atoms with Crippen LogP contribution in [-0.4, -0.2) is 32.2 Å². The van der Waals surface area contributed by atoms with Crippen LogP contribution in [0.5, 0.6) is 5.75 Å². The Hall–Kier alpha value is -2.78. The topological polar surface area (TPSA) is 94.3 Å². The zero-order chi connectivity index (χ0) is 19.4. The summed E-state index contributed by atoms with van der Waals surface area (Å²) in [7, 11) is -2.17. The molecule has 0 aliphatic carbocycles. The van der Waals surface area contributed by atoms with Crippen molar-refractivity contribution < 1.29 is 22.1 Å². The fraction of sp³-hybridized carbons (Fsp3) is 0.222. The number of nitrogens with zero attached hydrogens (tertiary/aromatic N) is 2. The van der Waals surface area contributed by atoms with Crippen LogP contribution in [0.25, 0.3) is 11.4 Å². The molecular formula is C18H18FN3O4S. The number of aryl methyl sites for hydroxylation is 1. The standard InChI is InChI=1S/C18H18FN3O4S/c1-12-11-14(19)5-8-16(12)27(23,24)20-10-9-17-21-18(22-26-17)13-3-6-15(25-2)7-4-13/h3-8,11,20H,9-10H2,1-2H3. The summed E-state index contributed by atoms with van der Waals surface area (Å²) in [5, 5.41) is 3.89. The molecule has 2 aromatic carbocycles. The van der Waals surface area contributed by atoms with Crippen molar-refractivity contribution in [3.05, 3.63) is 59.7 Å². The molecule has 0 fully saturated rings. The van der Waals surface area contributed by atoms with Crippen molar-refractivity contribution in [2.24, 2.45) is 0 Å². The van der Waals surface area contributed by atoms with E-state index in [9.17, 15) is 12.8 Å². The van der Waals surface area contributed by atoms with Crippen LogP contribution in [0, 0.1) is 12.7 Å². The number of hydrogen-bond acceptors (Lipinski definition) is 6. The average molecular weight is 391 g/mol. The highest BCUT2D eigenvalue weighted by Crippen LogP contribution is 2.20. The molecule has 1 N–H and O–H groups in total. The van der Waals surface area contributed by atoms with Gasteiger partial charge in [0.2, 0.25) is 21.7 Å². The van der Waals surface area contributed by atoms with E-state index >= 15 is 0 Å². The van der Waals surface area contributed by atoms with Crippen LogP contribution in [0.4, 0.5) is 4.39 Å². The number of rotatable bonds is 7. The maximum atomic E-state index is 13.1. The summed E-state index contributed by atoms with van der Waals surface area (Å²) in [6.07, 6.45) is 0.225. The van der Waals surface area contributed by atoms with Gasteiger partial charge in [-0.2, -0.15) is 4.98 Å². The number of aromatic nitrogens is 2. The van der Waals surface area contributed by atoms with E-state index in [1.54, 1.807) is 31.4 Å². The molecule has 7 nitrogen and oxygen atoms in total. The van der Waals surface area contributed by atoms with Crippen molar-refractivity contribution in [2.45, 2.75) is 18.2 Å². The van der Waals surface area contributed by atoms with Gasteiger partial charge in [0.05, 0.1) is 12.0 Å². The first kappa shape index (κ1) is 19.0. The van der Waals surface area contributed by atoms with E-state index < -0.39 is 15.8 Å². The van der Waals surface area contributed by atoms with Gasteiger partial charge in [0.15, 0.2) is 0 Å². The molecule has 1 aromatic heterocycles. The molecule has 3 rings (SSSR count). The van der Waals surface area contributed by atoms with Crippen molar-refractivity contribution in [2.75, 3.05) is 13.7 Å². The highest BCUT2D eigenvalue weighted by atomic mass is 32.2. The molecule has 0 saturated heterocycles. The molecule has 0 spiro atoms. The number of halogens is 1. The lowest BCUT2D eigenvalue weighted by atomic mass is 10.2. The molecule has 27 heavy (non-hydrogen) atoms. The minimum Gasteiger partial charge on any atom is -0.497 e. The summed E-state index contributed by atoms with van der Waals surface area (Å²) in [4.78, 5) is 4.29. The number of ether oxygens (including phenoxy) is 1. The molecule has 3 aromatic rings. The second-order valence-electron chi connectivity index (χ2n) is 5.80. The lowest BCUT2D eigenvalue weighted by Crippen LogP contribution is -2.26. The first-order valence-electron chi connectivity index (χ1n) is 8.12. The fourth-order valence-corrected chi connectivity index (χ4v) is 3.75. The largest absolute Gasteiger partial charge is 0.497 e. The SMILES string of the molecule is COc1ccc(-c2noc(CCNS(=O)(=O)c3ccc(F)cc3C)n2)cc1. The third kappa shape index (κ3) is 4.50. The Kier molecular flexibility index (Phi) is 5.52. The van der Waals surface area contributed by atoms with Crippen LogP contribution in [0.15, 0.2) is 51.9 Å². The Morgan fingerprint density at radius 2 is 1.93 bits per heavy atom. The maximum absolute atomic E-state index is 13.1. The number of benzene rings is 2. The normalized spacial score (nSPS) is 11.5. The number of methoxy groups -OCH3 is 1. The van der Waals surface area contributed by atoms with Crippen LogP contribution in [0.1, 0.15) is 11.5 Å². The van der Waals surface area contributed by atoms with Gasteiger partial charge in [-0.1, -0.05) is 5.16 Å². The Morgan fingerprint density at radius 1 is 1.19 bits per heavy atom. The molecule has 142 valence electrons. The molecule has 0 unspecified atom stereocenters. The van der Waals surface area contributed by atoms with Gasteiger partial charge in [0, 0.05) is 18.5 Å². The zero-order valence-corrected chi connectivity index (χ0v) is 15.6. The summed E-state index contributed by atoms with van der Waals surface area (Å²) >= 11 is 0. The molecule has 0 aliphatic heterocycles. The molecule has 0 atom stereocenters. The monoisotopic (exact) mass is 391 g/mol. The van der Waals surface area contributed by atoms with Gasteiger partial charge in [-0.25, -0.2) is 17.5 Å². The van der Waals surface area contributed by atoms with E-state index in [0.717, 1.165) is 11.6 Å². The third-order valence-corrected chi connectivity index (χ3v) is 5.50. The number of sulfonamides is 1. The molecule has 9 heteroatoms. The van der Waals surface area contributed by atoms with E-state index in [4.69, 9.17) is 9.26 Å². The lowest BCUT2D eigenvalue weighted by Gasteiger charge is -2.08. The number of hydrogen-bond donors (Lipinski definition) is 1. The molecule has 1 heterocycles. The van der Waals surface area contributed by atoms with Crippen LogP contribution >= 0.6 is 0 Å². The van der Waals surface area contributed by atoms with Crippen molar-refractivity contribution >= 4 is 10.0 Å². The first-order chi connectivity index (χ1) is 12.9.